The van der Waals surface area contributed by atoms with E-state index in [0.717, 1.165) is 49.0 Å². The molecule has 2 aliphatic heterocycles. The van der Waals surface area contributed by atoms with Gasteiger partial charge in [0.15, 0.2) is 0 Å². The molecule has 2 fully saturated rings. The van der Waals surface area contributed by atoms with E-state index in [1.165, 1.54) is 42.8 Å². The molecule has 0 aliphatic carbocycles. The molecule has 6 heterocycles. The maximum absolute atomic E-state index is 4.64. The van der Waals surface area contributed by atoms with E-state index in [1.54, 1.807) is 0 Å². The SMILES string of the molecule is Cl.Cl.Cl.Cl.c1nc(C2CCCN2)[nH]c1-c1cc2cc3sc(-c4cnc(C5CCCN5)[nH]4)cc3cc2s1. The van der Waals surface area contributed by atoms with Gasteiger partial charge in [0.05, 0.1) is 45.6 Å². The number of rotatable bonds is 4. The smallest absolute Gasteiger partial charge is 0.123 e. The van der Waals surface area contributed by atoms with Crippen LogP contribution in [0.25, 0.3) is 41.3 Å². The number of hydrogen-bond donors (Lipinski definition) is 4. The van der Waals surface area contributed by atoms with Gasteiger partial charge in [-0.2, -0.15) is 0 Å². The van der Waals surface area contributed by atoms with Crippen molar-refractivity contribution >= 4 is 92.5 Å². The topological polar surface area (TPSA) is 81.4 Å². The lowest BCUT2D eigenvalue weighted by Gasteiger charge is -2.04. The number of aromatic nitrogens is 4. The van der Waals surface area contributed by atoms with Crippen LogP contribution in [0.5, 0.6) is 0 Å². The number of nitrogens with one attached hydrogen (secondary N) is 4. The van der Waals surface area contributed by atoms with Gasteiger partial charge in [-0.05, 0) is 73.8 Å². The molecule has 2 aliphatic rings. The van der Waals surface area contributed by atoms with Crippen molar-refractivity contribution in [1.29, 1.82) is 0 Å². The second-order valence-corrected chi connectivity index (χ2v) is 11.0. The predicted molar refractivity (Wildman–Crippen MR) is 161 cm³/mol. The quantitative estimate of drug-likeness (QED) is 0.172. The van der Waals surface area contributed by atoms with Crippen LogP contribution in [-0.4, -0.2) is 33.0 Å². The Morgan fingerprint density at radius 3 is 1.47 bits per heavy atom. The van der Waals surface area contributed by atoms with E-state index in [9.17, 15) is 0 Å². The van der Waals surface area contributed by atoms with E-state index >= 15 is 0 Å². The Morgan fingerprint density at radius 1 is 0.639 bits per heavy atom. The van der Waals surface area contributed by atoms with Crippen molar-refractivity contribution < 1.29 is 0 Å². The van der Waals surface area contributed by atoms with Crippen molar-refractivity contribution in [3.8, 4) is 21.1 Å². The fraction of sp³-hybridized carbons (Fsp3) is 0.333. The second-order valence-electron chi connectivity index (χ2n) is 8.81. The number of benzene rings is 1. The van der Waals surface area contributed by atoms with E-state index in [0.29, 0.717) is 12.1 Å². The maximum atomic E-state index is 4.64. The van der Waals surface area contributed by atoms with E-state index in [4.69, 9.17) is 0 Å². The molecule has 12 heteroatoms. The molecule has 0 amide bonds. The Kier molecular flexibility index (Phi) is 9.74. The van der Waals surface area contributed by atoms with Gasteiger partial charge in [-0.15, -0.1) is 72.3 Å². The summed E-state index contributed by atoms with van der Waals surface area (Å²) in [6, 6.07) is 9.97. The highest BCUT2D eigenvalue weighted by Gasteiger charge is 2.21. The Hall–Kier alpha value is -1.36. The van der Waals surface area contributed by atoms with E-state index in [-0.39, 0.29) is 49.6 Å². The van der Waals surface area contributed by atoms with Crippen LogP contribution in [0, 0.1) is 0 Å². The third kappa shape index (κ3) is 5.28. The molecule has 1 aromatic carbocycles. The Balaban J connectivity index is 0.000000902. The van der Waals surface area contributed by atoms with Crippen molar-refractivity contribution in [3.63, 3.8) is 0 Å². The number of aromatic amines is 2. The lowest BCUT2D eigenvalue weighted by atomic mass is 10.2. The van der Waals surface area contributed by atoms with Gasteiger partial charge in [0.25, 0.3) is 0 Å². The lowest BCUT2D eigenvalue weighted by molar-refractivity contribution is 0.613. The summed E-state index contributed by atoms with van der Waals surface area (Å²) in [6.07, 6.45) is 8.73. The number of H-pyrrole nitrogens is 2. The second kappa shape index (κ2) is 12.0. The van der Waals surface area contributed by atoms with Crippen LogP contribution in [0.15, 0.2) is 36.7 Å². The molecule has 0 spiro atoms. The maximum Gasteiger partial charge on any atom is 0.123 e. The normalized spacial score (nSPS) is 19.0. The highest BCUT2D eigenvalue weighted by molar-refractivity contribution is 7.23. The molecular weight excluding hydrogens is 578 g/mol. The highest BCUT2D eigenvalue weighted by atomic mass is 35.5. The van der Waals surface area contributed by atoms with Gasteiger partial charge >= 0.3 is 0 Å². The van der Waals surface area contributed by atoms with Crippen LogP contribution in [-0.2, 0) is 0 Å². The third-order valence-electron chi connectivity index (χ3n) is 6.66. The van der Waals surface area contributed by atoms with Crippen molar-refractivity contribution in [3.05, 3.63) is 48.3 Å². The van der Waals surface area contributed by atoms with Crippen molar-refractivity contribution in [1.82, 2.24) is 30.6 Å². The number of halogens is 4. The van der Waals surface area contributed by atoms with E-state index < -0.39 is 0 Å². The molecule has 0 saturated carbocycles. The minimum atomic E-state index is 0. The standard InChI is InChI=1S/C24H24N6S2.4ClH/c1-3-15(25-5-1)23-27-11-17(29-23)21-9-13-7-20-14(8-19(13)31-21)10-22(32-20)18-12-28-24(30-18)16-4-2-6-26-16;;;;/h7-12,15-16,25-26H,1-6H2,(H,27,29)(H,28,30);4*1H. The molecule has 2 atom stereocenters. The zero-order valence-corrected chi connectivity index (χ0v) is 24.1. The molecular formula is C24H28Cl4N6S2. The number of thiophene rings is 2. The predicted octanol–water partition coefficient (Wildman–Crippen LogP) is 7.43. The summed E-state index contributed by atoms with van der Waals surface area (Å²) in [5.41, 5.74) is 2.23. The fourth-order valence-electron chi connectivity index (χ4n) is 4.95. The number of imidazole rings is 2. The highest BCUT2D eigenvalue weighted by Crippen LogP contribution is 2.40. The molecule has 0 bridgehead atoms. The average molecular weight is 606 g/mol. The first-order valence-electron chi connectivity index (χ1n) is 11.3. The van der Waals surface area contributed by atoms with Gasteiger partial charge in [0.1, 0.15) is 11.6 Å². The van der Waals surface area contributed by atoms with E-state index in [2.05, 4.69) is 54.8 Å². The summed E-state index contributed by atoms with van der Waals surface area (Å²) < 4.78 is 2.62. The Morgan fingerprint density at radius 2 is 1.08 bits per heavy atom. The van der Waals surface area contributed by atoms with Gasteiger partial charge in [0.2, 0.25) is 0 Å². The number of hydrogen-bond acceptors (Lipinski definition) is 6. The molecule has 7 rings (SSSR count). The Labute approximate surface area is 242 Å². The number of fused-ring (bicyclic) bond motifs is 2. The van der Waals surface area contributed by atoms with Crippen LogP contribution in [0.1, 0.15) is 49.4 Å². The largest absolute Gasteiger partial charge is 0.340 e. The van der Waals surface area contributed by atoms with Crippen LogP contribution in [0.2, 0.25) is 0 Å². The molecule has 0 radical (unpaired) electrons. The molecule has 2 saturated heterocycles. The van der Waals surface area contributed by atoms with Gasteiger partial charge in [-0.3, -0.25) is 0 Å². The van der Waals surface area contributed by atoms with Gasteiger partial charge < -0.3 is 20.6 Å². The molecule has 4 N–H and O–H groups in total. The Bertz CT molecular complexity index is 1270. The number of nitrogens with zero attached hydrogens (tertiary/aromatic N) is 2. The van der Waals surface area contributed by atoms with Gasteiger partial charge in [0, 0.05) is 9.40 Å². The van der Waals surface area contributed by atoms with E-state index in [1.807, 2.05) is 35.1 Å². The monoisotopic (exact) mass is 604 g/mol. The van der Waals surface area contributed by atoms with Crippen LogP contribution < -0.4 is 10.6 Å². The zero-order chi connectivity index (χ0) is 21.1. The van der Waals surface area contributed by atoms with Crippen molar-refractivity contribution in [2.75, 3.05) is 13.1 Å². The molecule has 2 unspecified atom stereocenters. The van der Waals surface area contributed by atoms with Gasteiger partial charge in [-0.25, -0.2) is 9.97 Å². The molecule has 6 nitrogen and oxygen atoms in total. The van der Waals surface area contributed by atoms with Gasteiger partial charge in [-0.1, -0.05) is 0 Å². The summed E-state index contributed by atoms with van der Waals surface area (Å²) in [5.74, 6) is 2.12. The van der Waals surface area contributed by atoms with Crippen LogP contribution in [0.3, 0.4) is 0 Å². The summed E-state index contributed by atoms with van der Waals surface area (Å²) in [6.45, 7) is 2.17. The zero-order valence-electron chi connectivity index (χ0n) is 19.2. The summed E-state index contributed by atoms with van der Waals surface area (Å²) in [7, 11) is 0. The van der Waals surface area contributed by atoms with Crippen LogP contribution >= 0.6 is 72.3 Å². The fourth-order valence-corrected chi connectivity index (χ4v) is 7.07. The molecule has 4 aromatic heterocycles. The minimum absolute atomic E-state index is 0. The van der Waals surface area contributed by atoms with Crippen molar-refractivity contribution in [2.45, 2.75) is 37.8 Å². The average Bonchev–Trinajstić information content (AvgIpc) is 3.65. The first kappa shape index (κ1) is 29.2. The molecule has 36 heavy (non-hydrogen) atoms. The lowest BCUT2D eigenvalue weighted by Crippen LogP contribution is -2.14. The summed E-state index contributed by atoms with van der Waals surface area (Å²) >= 11 is 3.66. The molecule has 194 valence electrons. The third-order valence-corrected chi connectivity index (χ3v) is 8.92. The minimum Gasteiger partial charge on any atom is -0.340 e. The van der Waals surface area contributed by atoms with Crippen molar-refractivity contribution in [2.24, 2.45) is 0 Å². The molecule has 5 aromatic rings. The van der Waals surface area contributed by atoms with Crippen LogP contribution in [0.4, 0.5) is 0 Å². The summed E-state index contributed by atoms with van der Waals surface area (Å²) in [4.78, 5) is 18.9. The first-order valence-corrected chi connectivity index (χ1v) is 13.0. The first-order chi connectivity index (χ1) is 15.8. The summed E-state index contributed by atoms with van der Waals surface area (Å²) in [5, 5.41) is 9.62.